The highest BCUT2D eigenvalue weighted by Crippen LogP contribution is 2.15. The lowest BCUT2D eigenvalue weighted by molar-refractivity contribution is 1.31. The van der Waals surface area contributed by atoms with Gasteiger partial charge in [-0.05, 0) is 37.1 Å². The normalized spacial score (nSPS) is 11.5. The monoisotopic (exact) mass is 224 g/mol. The molecule has 0 spiro atoms. The summed E-state index contributed by atoms with van der Waals surface area (Å²) < 4.78 is 0. The summed E-state index contributed by atoms with van der Waals surface area (Å²) in [6.07, 6.45) is 0. The molecule has 2 nitrogen and oxygen atoms in total. The number of benzene rings is 2. The van der Waals surface area contributed by atoms with Crippen LogP contribution < -0.4 is 5.73 Å². The molecule has 0 aromatic heterocycles. The fraction of sp³-hybridized carbons (Fsp3) is 0.133. The van der Waals surface area contributed by atoms with Crippen molar-refractivity contribution in [3.8, 4) is 0 Å². The van der Waals surface area contributed by atoms with Crippen molar-refractivity contribution in [1.82, 2.24) is 0 Å². The van der Waals surface area contributed by atoms with Crippen LogP contribution in [0.2, 0.25) is 0 Å². The summed E-state index contributed by atoms with van der Waals surface area (Å²) >= 11 is 0. The van der Waals surface area contributed by atoms with E-state index < -0.39 is 0 Å². The number of para-hydroxylation sites is 1. The van der Waals surface area contributed by atoms with Crippen molar-refractivity contribution in [3.05, 3.63) is 65.2 Å². The van der Waals surface area contributed by atoms with E-state index in [0.717, 1.165) is 11.3 Å². The summed E-state index contributed by atoms with van der Waals surface area (Å²) in [6, 6.07) is 15.8. The molecular formula is C15H16N2. The van der Waals surface area contributed by atoms with Gasteiger partial charge in [-0.1, -0.05) is 36.4 Å². The van der Waals surface area contributed by atoms with Gasteiger partial charge in [0.15, 0.2) is 0 Å². The molecule has 0 fully saturated rings. The van der Waals surface area contributed by atoms with E-state index in [-0.39, 0.29) is 0 Å². The Morgan fingerprint density at radius 3 is 2.35 bits per heavy atom. The zero-order chi connectivity index (χ0) is 12.3. The maximum absolute atomic E-state index is 6.05. The predicted molar refractivity (Wildman–Crippen MR) is 72.7 cm³/mol. The van der Waals surface area contributed by atoms with E-state index in [4.69, 9.17) is 5.73 Å². The first-order chi connectivity index (χ1) is 8.18. The minimum absolute atomic E-state index is 0.567. The zero-order valence-electron chi connectivity index (χ0n) is 10.1. The fourth-order valence-electron chi connectivity index (χ4n) is 1.73. The van der Waals surface area contributed by atoms with Crippen LogP contribution in [0, 0.1) is 13.8 Å². The summed E-state index contributed by atoms with van der Waals surface area (Å²) in [5, 5.41) is 0. The number of amidine groups is 1. The Labute approximate surface area is 102 Å². The highest BCUT2D eigenvalue weighted by atomic mass is 14.9. The smallest absolute Gasteiger partial charge is 0.131 e. The molecule has 0 bridgehead atoms. The van der Waals surface area contributed by atoms with Crippen LogP contribution in [-0.2, 0) is 0 Å². The van der Waals surface area contributed by atoms with Gasteiger partial charge in [0, 0.05) is 5.56 Å². The van der Waals surface area contributed by atoms with E-state index in [1.807, 2.05) is 42.5 Å². The van der Waals surface area contributed by atoms with Gasteiger partial charge in [0.2, 0.25) is 0 Å². The van der Waals surface area contributed by atoms with Crippen LogP contribution in [-0.4, -0.2) is 5.84 Å². The second-order valence-electron chi connectivity index (χ2n) is 4.08. The van der Waals surface area contributed by atoms with Gasteiger partial charge in [0.05, 0.1) is 5.69 Å². The van der Waals surface area contributed by atoms with Crippen LogP contribution in [0.1, 0.15) is 16.7 Å². The van der Waals surface area contributed by atoms with Crippen molar-refractivity contribution in [1.29, 1.82) is 0 Å². The molecule has 0 amide bonds. The molecule has 0 radical (unpaired) electrons. The molecule has 0 saturated heterocycles. The van der Waals surface area contributed by atoms with Crippen molar-refractivity contribution < 1.29 is 0 Å². The second kappa shape index (κ2) is 4.83. The molecule has 86 valence electrons. The summed E-state index contributed by atoms with van der Waals surface area (Å²) in [6.45, 7) is 4.15. The Morgan fingerprint density at radius 2 is 1.65 bits per heavy atom. The lowest BCUT2D eigenvalue weighted by atomic mass is 10.0. The average Bonchev–Trinajstić information content (AvgIpc) is 2.34. The van der Waals surface area contributed by atoms with E-state index >= 15 is 0 Å². The maximum Gasteiger partial charge on any atom is 0.131 e. The molecule has 0 atom stereocenters. The number of aryl methyl sites for hydroxylation is 1. The van der Waals surface area contributed by atoms with Crippen LogP contribution in [0.25, 0.3) is 0 Å². The van der Waals surface area contributed by atoms with Gasteiger partial charge in [-0.2, -0.15) is 0 Å². The molecule has 0 aliphatic carbocycles. The van der Waals surface area contributed by atoms with Gasteiger partial charge in [0.25, 0.3) is 0 Å². The van der Waals surface area contributed by atoms with Gasteiger partial charge < -0.3 is 5.73 Å². The predicted octanol–water partition coefficient (Wildman–Crippen LogP) is 3.34. The second-order valence-corrected chi connectivity index (χ2v) is 4.08. The fourth-order valence-corrected chi connectivity index (χ4v) is 1.73. The standard InChI is InChI=1S/C15H16N2/c1-11-7-6-10-14(12(11)2)15(16)17-13-8-4-3-5-9-13/h3-10H,1-2H3,(H2,16,17). The van der Waals surface area contributed by atoms with Crippen LogP contribution in [0.3, 0.4) is 0 Å². The Hall–Kier alpha value is -2.09. The molecule has 2 aromatic carbocycles. The first kappa shape index (κ1) is 11.4. The number of rotatable bonds is 2. The molecule has 2 heteroatoms. The topological polar surface area (TPSA) is 38.4 Å². The molecule has 0 heterocycles. The molecule has 0 saturated carbocycles. The minimum Gasteiger partial charge on any atom is -0.383 e. The van der Waals surface area contributed by atoms with Crippen LogP contribution >= 0.6 is 0 Å². The summed E-state index contributed by atoms with van der Waals surface area (Å²) in [5.74, 6) is 0.567. The minimum atomic E-state index is 0.567. The molecule has 2 N–H and O–H groups in total. The van der Waals surface area contributed by atoms with Crippen LogP contribution in [0.15, 0.2) is 53.5 Å². The number of nitrogens with two attached hydrogens (primary N) is 1. The first-order valence-electron chi connectivity index (χ1n) is 5.64. The number of nitrogens with zero attached hydrogens (tertiary/aromatic N) is 1. The molecule has 17 heavy (non-hydrogen) atoms. The summed E-state index contributed by atoms with van der Waals surface area (Å²) in [5.41, 5.74) is 10.4. The van der Waals surface area contributed by atoms with Crippen LogP contribution in [0.5, 0.6) is 0 Å². The molecular weight excluding hydrogens is 208 g/mol. The summed E-state index contributed by atoms with van der Waals surface area (Å²) in [7, 11) is 0. The van der Waals surface area contributed by atoms with E-state index in [9.17, 15) is 0 Å². The van der Waals surface area contributed by atoms with E-state index in [2.05, 4.69) is 24.9 Å². The van der Waals surface area contributed by atoms with Gasteiger partial charge in [-0.25, -0.2) is 4.99 Å². The quantitative estimate of drug-likeness (QED) is 0.616. The van der Waals surface area contributed by atoms with Gasteiger partial charge >= 0.3 is 0 Å². The largest absolute Gasteiger partial charge is 0.383 e. The van der Waals surface area contributed by atoms with Crippen molar-refractivity contribution in [2.24, 2.45) is 10.7 Å². The van der Waals surface area contributed by atoms with Crippen LogP contribution in [0.4, 0.5) is 5.69 Å². The molecule has 0 unspecified atom stereocenters. The molecule has 2 rings (SSSR count). The molecule has 0 aliphatic rings. The Kier molecular flexibility index (Phi) is 3.24. The maximum atomic E-state index is 6.05. The van der Waals surface area contributed by atoms with Crippen molar-refractivity contribution in [2.75, 3.05) is 0 Å². The number of hydrogen-bond donors (Lipinski definition) is 1. The van der Waals surface area contributed by atoms with Gasteiger partial charge in [-0.15, -0.1) is 0 Å². The van der Waals surface area contributed by atoms with Crippen molar-refractivity contribution in [3.63, 3.8) is 0 Å². The number of hydrogen-bond acceptors (Lipinski definition) is 1. The highest BCUT2D eigenvalue weighted by molar-refractivity contribution is 6.00. The van der Waals surface area contributed by atoms with E-state index in [1.165, 1.54) is 11.1 Å². The lowest BCUT2D eigenvalue weighted by Crippen LogP contribution is -2.14. The van der Waals surface area contributed by atoms with E-state index in [1.54, 1.807) is 0 Å². The molecule has 0 aliphatic heterocycles. The Bertz CT molecular complexity index is 542. The highest BCUT2D eigenvalue weighted by Gasteiger charge is 2.04. The zero-order valence-corrected chi connectivity index (χ0v) is 10.1. The molecule has 2 aromatic rings. The van der Waals surface area contributed by atoms with Crippen molar-refractivity contribution >= 4 is 11.5 Å². The van der Waals surface area contributed by atoms with Crippen molar-refractivity contribution in [2.45, 2.75) is 13.8 Å². The third-order valence-corrected chi connectivity index (χ3v) is 2.89. The number of aliphatic imine (C=N–C) groups is 1. The Morgan fingerprint density at radius 1 is 0.941 bits per heavy atom. The van der Waals surface area contributed by atoms with Gasteiger partial charge in [0.1, 0.15) is 5.84 Å². The summed E-state index contributed by atoms with van der Waals surface area (Å²) in [4.78, 5) is 4.43. The average molecular weight is 224 g/mol. The third kappa shape index (κ3) is 2.53. The Balaban J connectivity index is 2.41. The lowest BCUT2D eigenvalue weighted by Gasteiger charge is -2.07. The van der Waals surface area contributed by atoms with E-state index in [0.29, 0.717) is 5.84 Å². The van der Waals surface area contributed by atoms with Gasteiger partial charge in [-0.3, -0.25) is 0 Å². The SMILES string of the molecule is Cc1cccc(C(N)=Nc2ccccc2)c1C. The first-order valence-corrected chi connectivity index (χ1v) is 5.64. The third-order valence-electron chi connectivity index (χ3n) is 2.89.